The predicted octanol–water partition coefficient (Wildman–Crippen LogP) is 0.197. The van der Waals surface area contributed by atoms with Crippen LogP contribution in [0.1, 0.15) is 23.1 Å². The van der Waals surface area contributed by atoms with Gasteiger partial charge in [0.15, 0.2) is 0 Å². The minimum Gasteiger partial charge on any atom is -0.392 e. The number of aliphatic hydroxyl groups excluding tert-OH is 1. The molecule has 2 amide bonds. The molecule has 0 saturated carbocycles. The van der Waals surface area contributed by atoms with Crippen LogP contribution in [0.2, 0.25) is 0 Å². The third-order valence-electron chi connectivity index (χ3n) is 4.98. The number of carbonyl (C=O) groups is 2. The second kappa shape index (κ2) is 6.91. The predicted molar refractivity (Wildman–Crippen MR) is 90.3 cm³/mol. The van der Waals surface area contributed by atoms with Crippen molar-refractivity contribution in [3.8, 4) is 0 Å². The lowest BCUT2D eigenvalue weighted by atomic mass is 10.1. The van der Waals surface area contributed by atoms with Crippen LogP contribution in [0.25, 0.3) is 0 Å². The van der Waals surface area contributed by atoms with Crippen molar-refractivity contribution in [3.63, 3.8) is 0 Å². The van der Waals surface area contributed by atoms with Crippen LogP contribution in [-0.2, 0) is 16.1 Å². The molecule has 130 valence electrons. The van der Waals surface area contributed by atoms with Gasteiger partial charge in [0.2, 0.25) is 11.8 Å². The van der Waals surface area contributed by atoms with Crippen molar-refractivity contribution < 1.29 is 14.7 Å². The van der Waals surface area contributed by atoms with Crippen molar-refractivity contribution in [1.82, 2.24) is 15.1 Å². The Morgan fingerprint density at radius 1 is 1.29 bits per heavy atom. The van der Waals surface area contributed by atoms with Gasteiger partial charge in [-0.3, -0.25) is 9.59 Å². The van der Waals surface area contributed by atoms with E-state index in [4.69, 9.17) is 0 Å². The van der Waals surface area contributed by atoms with Gasteiger partial charge in [-0.2, -0.15) is 0 Å². The highest BCUT2D eigenvalue weighted by Gasteiger charge is 2.34. The monoisotopic (exact) mass is 331 g/mol. The SMILES string of the molecule is Cc1ccc(CN2CCN(C(=O)[C@@H]3C[C@@H](O)CN3)CC2=O)cc1C. The van der Waals surface area contributed by atoms with Crippen LogP contribution in [0.4, 0.5) is 0 Å². The first-order valence-electron chi connectivity index (χ1n) is 8.48. The summed E-state index contributed by atoms with van der Waals surface area (Å²) in [5.74, 6) is -0.0999. The van der Waals surface area contributed by atoms with Crippen LogP contribution >= 0.6 is 0 Å². The second-order valence-electron chi connectivity index (χ2n) is 6.84. The number of rotatable bonds is 3. The van der Waals surface area contributed by atoms with Gasteiger partial charge < -0.3 is 20.2 Å². The van der Waals surface area contributed by atoms with Crippen LogP contribution in [-0.4, -0.2) is 65.0 Å². The molecule has 0 aliphatic carbocycles. The van der Waals surface area contributed by atoms with Gasteiger partial charge in [0, 0.05) is 26.2 Å². The van der Waals surface area contributed by atoms with E-state index in [0.717, 1.165) is 5.56 Å². The Kier molecular flexibility index (Phi) is 4.87. The third kappa shape index (κ3) is 3.60. The number of benzene rings is 1. The number of β-amino-alcohol motifs (C(OH)–C–C–N with tert-alkyl or cyclic N) is 1. The summed E-state index contributed by atoms with van der Waals surface area (Å²) in [6, 6.07) is 5.88. The van der Waals surface area contributed by atoms with Crippen molar-refractivity contribution in [2.75, 3.05) is 26.2 Å². The van der Waals surface area contributed by atoms with Crippen LogP contribution in [0.3, 0.4) is 0 Å². The Balaban J connectivity index is 1.58. The fraction of sp³-hybridized carbons (Fsp3) is 0.556. The summed E-state index contributed by atoms with van der Waals surface area (Å²) < 4.78 is 0. The minimum atomic E-state index is -0.472. The van der Waals surface area contributed by atoms with Crippen molar-refractivity contribution in [2.45, 2.75) is 39.0 Å². The van der Waals surface area contributed by atoms with Gasteiger partial charge in [-0.15, -0.1) is 0 Å². The number of aryl methyl sites for hydroxylation is 2. The number of carbonyl (C=O) groups excluding carboxylic acids is 2. The molecule has 0 spiro atoms. The zero-order valence-corrected chi connectivity index (χ0v) is 14.3. The molecule has 2 atom stereocenters. The summed E-state index contributed by atoms with van der Waals surface area (Å²) in [5, 5.41) is 12.6. The van der Waals surface area contributed by atoms with E-state index in [2.05, 4.69) is 37.4 Å². The number of aliphatic hydroxyl groups is 1. The zero-order valence-electron chi connectivity index (χ0n) is 14.3. The zero-order chi connectivity index (χ0) is 17.3. The van der Waals surface area contributed by atoms with Crippen LogP contribution in [0.15, 0.2) is 18.2 Å². The van der Waals surface area contributed by atoms with Gasteiger partial charge in [0.25, 0.3) is 0 Å². The molecule has 1 aromatic rings. The molecule has 24 heavy (non-hydrogen) atoms. The van der Waals surface area contributed by atoms with E-state index in [1.165, 1.54) is 11.1 Å². The topological polar surface area (TPSA) is 72.9 Å². The molecule has 6 heteroatoms. The molecule has 6 nitrogen and oxygen atoms in total. The Labute approximate surface area is 142 Å². The molecular formula is C18H25N3O3. The van der Waals surface area contributed by atoms with Gasteiger partial charge in [0.1, 0.15) is 0 Å². The number of nitrogens with one attached hydrogen (secondary N) is 1. The highest BCUT2D eigenvalue weighted by Crippen LogP contribution is 2.16. The van der Waals surface area contributed by atoms with E-state index >= 15 is 0 Å². The molecule has 0 unspecified atom stereocenters. The Bertz CT molecular complexity index is 646. The quantitative estimate of drug-likeness (QED) is 0.830. The number of amides is 2. The molecule has 3 rings (SSSR count). The summed E-state index contributed by atoms with van der Waals surface area (Å²) in [7, 11) is 0. The van der Waals surface area contributed by atoms with E-state index in [0.29, 0.717) is 32.6 Å². The van der Waals surface area contributed by atoms with Crippen molar-refractivity contribution in [1.29, 1.82) is 0 Å². The normalized spacial score (nSPS) is 24.5. The van der Waals surface area contributed by atoms with E-state index in [1.807, 2.05) is 4.90 Å². The lowest BCUT2D eigenvalue weighted by molar-refractivity contribution is -0.146. The van der Waals surface area contributed by atoms with Crippen molar-refractivity contribution in [3.05, 3.63) is 34.9 Å². The van der Waals surface area contributed by atoms with Crippen molar-refractivity contribution in [2.24, 2.45) is 0 Å². The minimum absolute atomic E-state index is 0.0219. The average molecular weight is 331 g/mol. The molecule has 0 radical (unpaired) electrons. The maximum absolute atomic E-state index is 12.4. The molecule has 2 heterocycles. The number of hydrogen-bond acceptors (Lipinski definition) is 4. The Morgan fingerprint density at radius 3 is 2.71 bits per heavy atom. The molecule has 1 aromatic carbocycles. The maximum Gasteiger partial charge on any atom is 0.242 e. The molecule has 2 aliphatic heterocycles. The molecule has 2 saturated heterocycles. The first-order chi connectivity index (χ1) is 11.4. The van der Waals surface area contributed by atoms with E-state index in [1.54, 1.807) is 4.90 Å². The van der Waals surface area contributed by atoms with Crippen LogP contribution in [0.5, 0.6) is 0 Å². The molecule has 2 aliphatic rings. The molecule has 0 bridgehead atoms. The Hall–Kier alpha value is -1.92. The van der Waals surface area contributed by atoms with Gasteiger partial charge >= 0.3 is 0 Å². The van der Waals surface area contributed by atoms with Gasteiger partial charge in [0.05, 0.1) is 18.7 Å². The maximum atomic E-state index is 12.4. The molecule has 2 fully saturated rings. The smallest absolute Gasteiger partial charge is 0.242 e. The lowest BCUT2D eigenvalue weighted by Gasteiger charge is -2.35. The first-order valence-corrected chi connectivity index (χ1v) is 8.48. The van der Waals surface area contributed by atoms with E-state index in [9.17, 15) is 14.7 Å². The van der Waals surface area contributed by atoms with Gasteiger partial charge in [-0.1, -0.05) is 18.2 Å². The molecule has 0 aromatic heterocycles. The van der Waals surface area contributed by atoms with Crippen molar-refractivity contribution >= 4 is 11.8 Å². The van der Waals surface area contributed by atoms with Gasteiger partial charge in [-0.05, 0) is 37.0 Å². The highest BCUT2D eigenvalue weighted by molar-refractivity contribution is 5.88. The van der Waals surface area contributed by atoms with E-state index < -0.39 is 6.10 Å². The summed E-state index contributed by atoms with van der Waals surface area (Å²) in [5.41, 5.74) is 3.58. The third-order valence-corrected chi connectivity index (χ3v) is 4.98. The second-order valence-corrected chi connectivity index (χ2v) is 6.84. The average Bonchev–Trinajstić information content (AvgIpc) is 2.98. The molecule has 2 N–H and O–H groups in total. The van der Waals surface area contributed by atoms with E-state index in [-0.39, 0.29) is 24.4 Å². The Morgan fingerprint density at radius 2 is 2.08 bits per heavy atom. The summed E-state index contributed by atoms with van der Waals surface area (Å²) in [4.78, 5) is 28.2. The summed E-state index contributed by atoms with van der Waals surface area (Å²) in [6.45, 7) is 6.39. The summed E-state index contributed by atoms with van der Waals surface area (Å²) >= 11 is 0. The fourth-order valence-electron chi connectivity index (χ4n) is 3.31. The highest BCUT2D eigenvalue weighted by atomic mass is 16.3. The first kappa shape index (κ1) is 16.9. The van der Waals surface area contributed by atoms with Gasteiger partial charge in [-0.25, -0.2) is 0 Å². The standard InChI is InChI=1S/C18H25N3O3/c1-12-3-4-14(7-13(12)2)10-20-5-6-21(11-17(20)23)18(24)16-8-15(22)9-19-16/h3-4,7,15-16,19,22H,5-6,8-11H2,1-2H3/t15-,16+/m1/s1. The van der Waals surface area contributed by atoms with Crippen LogP contribution < -0.4 is 5.32 Å². The fourth-order valence-corrected chi connectivity index (χ4v) is 3.31. The number of nitrogens with zero attached hydrogens (tertiary/aromatic N) is 2. The largest absolute Gasteiger partial charge is 0.392 e. The van der Waals surface area contributed by atoms with Crippen LogP contribution in [0, 0.1) is 13.8 Å². The number of hydrogen-bond donors (Lipinski definition) is 2. The molecular weight excluding hydrogens is 306 g/mol. The lowest BCUT2D eigenvalue weighted by Crippen LogP contribution is -2.55. The summed E-state index contributed by atoms with van der Waals surface area (Å²) in [6.07, 6.45) is -0.0451. The number of piperazine rings is 1.